The van der Waals surface area contributed by atoms with E-state index >= 15 is 0 Å². The first kappa shape index (κ1) is 18.3. The molecule has 1 aromatic heterocycles. The standard InChI is InChI=1S/C19H27N3O2S/c20-10-5-3-1-2-4-8-16(23)15-7-6-9-17-18(15)21-19(25-17)22-11-13-24-14-12-22/h6-7,9H,1-5,8,10-14,20H2. The van der Waals surface area contributed by atoms with Crippen LogP contribution in [-0.2, 0) is 4.74 Å². The van der Waals surface area contributed by atoms with Crippen LogP contribution in [0.5, 0.6) is 0 Å². The molecule has 1 aliphatic heterocycles. The number of carbonyl (C=O) groups excluding carboxylic acids is 1. The minimum Gasteiger partial charge on any atom is -0.378 e. The molecule has 0 radical (unpaired) electrons. The smallest absolute Gasteiger partial charge is 0.186 e. The summed E-state index contributed by atoms with van der Waals surface area (Å²) in [5, 5.41) is 1.00. The van der Waals surface area contributed by atoms with Crippen LogP contribution in [0, 0.1) is 0 Å². The lowest BCUT2D eigenvalue weighted by Gasteiger charge is -2.25. The highest BCUT2D eigenvalue weighted by atomic mass is 32.1. The summed E-state index contributed by atoms with van der Waals surface area (Å²) in [5.41, 5.74) is 7.14. The van der Waals surface area contributed by atoms with Crippen molar-refractivity contribution < 1.29 is 9.53 Å². The van der Waals surface area contributed by atoms with Gasteiger partial charge in [0.05, 0.1) is 23.4 Å². The summed E-state index contributed by atoms with van der Waals surface area (Å²) in [5.74, 6) is 0.211. The zero-order valence-electron chi connectivity index (χ0n) is 14.7. The van der Waals surface area contributed by atoms with Crippen LogP contribution < -0.4 is 10.6 Å². The number of ketones is 1. The van der Waals surface area contributed by atoms with Gasteiger partial charge < -0.3 is 15.4 Å². The van der Waals surface area contributed by atoms with Crippen molar-refractivity contribution in [3.05, 3.63) is 23.8 Å². The Bertz CT molecular complexity index is 695. The van der Waals surface area contributed by atoms with Gasteiger partial charge in [0, 0.05) is 25.1 Å². The van der Waals surface area contributed by atoms with Crippen molar-refractivity contribution in [2.75, 3.05) is 37.7 Å². The Kier molecular flexibility index (Phi) is 6.78. The number of anilines is 1. The molecule has 0 amide bonds. The fourth-order valence-corrected chi connectivity index (χ4v) is 4.19. The maximum Gasteiger partial charge on any atom is 0.186 e. The number of benzene rings is 1. The zero-order valence-corrected chi connectivity index (χ0v) is 15.5. The third-order valence-corrected chi connectivity index (χ3v) is 5.68. The lowest BCUT2D eigenvalue weighted by molar-refractivity contribution is 0.0980. The number of fused-ring (bicyclic) bond motifs is 1. The first-order valence-corrected chi connectivity index (χ1v) is 10.1. The molecule has 0 spiro atoms. The normalized spacial score (nSPS) is 15.0. The molecule has 136 valence electrons. The van der Waals surface area contributed by atoms with Crippen molar-refractivity contribution in [3.8, 4) is 0 Å². The average Bonchev–Trinajstić information content (AvgIpc) is 3.09. The van der Waals surface area contributed by atoms with E-state index in [0.717, 1.165) is 85.9 Å². The monoisotopic (exact) mass is 361 g/mol. The number of nitrogens with zero attached hydrogens (tertiary/aromatic N) is 2. The highest BCUT2D eigenvalue weighted by Crippen LogP contribution is 2.31. The van der Waals surface area contributed by atoms with Gasteiger partial charge in [-0.2, -0.15) is 0 Å². The van der Waals surface area contributed by atoms with Gasteiger partial charge >= 0.3 is 0 Å². The van der Waals surface area contributed by atoms with Crippen LogP contribution in [0.4, 0.5) is 5.13 Å². The van der Waals surface area contributed by atoms with E-state index in [1.54, 1.807) is 11.3 Å². The quantitative estimate of drug-likeness (QED) is 0.546. The van der Waals surface area contributed by atoms with Crippen LogP contribution in [0.25, 0.3) is 10.2 Å². The molecule has 2 heterocycles. The molecule has 0 bridgehead atoms. The number of para-hydroxylation sites is 1. The average molecular weight is 362 g/mol. The SMILES string of the molecule is NCCCCCCCC(=O)c1cccc2sc(N3CCOCC3)nc12. The van der Waals surface area contributed by atoms with E-state index in [4.69, 9.17) is 15.5 Å². The second kappa shape index (κ2) is 9.27. The fourth-order valence-electron chi connectivity index (χ4n) is 3.15. The molecule has 1 saturated heterocycles. The maximum absolute atomic E-state index is 12.6. The van der Waals surface area contributed by atoms with Crippen molar-refractivity contribution >= 4 is 32.5 Å². The number of Topliss-reactive ketones (excluding diaryl/α,β-unsaturated/α-hetero) is 1. The molecule has 0 unspecified atom stereocenters. The molecule has 25 heavy (non-hydrogen) atoms. The molecule has 1 aromatic carbocycles. The number of rotatable bonds is 9. The predicted molar refractivity (Wildman–Crippen MR) is 104 cm³/mol. The Hall–Kier alpha value is -1.50. The molecule has 2 aromatic rings. The fraction of sp³-hybridized carbons (Fsp3) is 0.579. The highest BCUT2D eigenvalue weighted by molar-refractivity contribution is 7.22. The van der Waals surface area contributed by atoms with E-state index in [0.29, 0.717) is 6.42 Å². The third-order valence-electron chi connectivity index (χ3n) is 4.60. The van der Waals surface area contributed by atoms with E-state index in [9.17, 15) is 4.79 Å². The van der Waals surface area contributed by atoms with Gasteiger partial charge in [-0.15, -0.1) is 0 Å². The largest absolute Gasteiger partial charge is 0.378 e. The Labute approximate surface area is 153 Å². The molecular formula is C19H27N3O2S. The van der Waals surface area contributed by atoms with Crippen molar-refractivity contribution in [1.29, 1.82) is 0 Å². The Morgan fingerprint density at radius 3 is 2.72 bits per heavy atom. The summed E-state index contributed by atoms with van der Waals surface area (Å²) >= 11 is 1.67. The lowest BCUT2D eigenvalue weighted by atomic mass is 10.0. The molecule has 0 atom stereocenters. The number of hydrogen-bond acceptors (Lipinski definition) is 6. The number of nitrogens with two attached hydrogens (primary N) is 1. The molecule has 1 fully saturated rings. The molecule has 0 aliphatic carbocycles. The van der Waals surface area contributed by atoms with Gasteiger partial charge in [0.1, 0.15) is 0 Å². The second-order valence-corrected chi connectivity index (χ2v) is 7.49. The molecule has 2 N–H and O–H groups in total. The van der Waals surface area contributed by atoms with E-state index in [1.165, 1.54) is 0 Å². The second-order valence-electron chi connectivity index (χ2n) is 6.48. The summed E-state index contributed by atoms with van der Waals surface area (Å²) in [4.78, 5) is 19.7. The van der Waals surface area contributed by atoms with Gasteiger partial charge in [-0.1, -0.05) is 36.7 Å². The Balaban J connectivity index is 1.64. The maximum atomic E-state index is 12.6. The van der Waals surface area contributed by atoms with Gasteiger partial charge in [-0.3, -0.25) is 4.79 Å². The molecule has 6 heteroatoms. The summed E-state index contributed by atoms with van der Waals surface area (Å²) in [6.07, 6.45) is 6.04. The summed E-state index contributed by atoms with van der Waals surface area (Å²) in [6.45, 7) is 3.98. The third kappa shape index (κ3) is 4.77. The van der Waals surface area contributed by atoms with Gasteiger partial charge in [-0.25, -0.2) is 4.98 Å². The van der Waals surface area contributed by atoms with Crippen LogP contribution >= 0.6 is 11.3 Å². The highest BCUT2D eigenvalue weighted by Gasteiger charge is 2.18. The van der Waals surface area contributed by atoms with Crippen molar-refractivity contribution in [2.45, 2.75) is 38.5 Å². The Morgan fingerprint density at radius 2 is 1.92 bits per heavy atom. The van der Waals surface area contributed by atoms with Crippen LogP contribution in [0.2, 0.25) is 0 Å². The van der Waals surface area contributed by atoms with Crippen LogP contribution in [-0.4, -0.2) is 43.6 Å². The van der Waals surface area contributed by atoms with E-state index < -0.39 is 0 Å². The molecule has 0 saturated carbocycles. The van der Waals surface area contributed by atoms with Crippen LogP contribution in [0.3, 0.4) is 0 Å². The minimum absolute atomic E-state index is 0.211. The van der Waals surface area contributed by atoms with Gasteiger partial charge in [0.25, 0.3) is 0 Å². The zero-order chi connectivity index (χ0) is 17.5. The van der Waals surface area contributed by atoms with Gasteiger partial charge in [0.15, 0.2) is 10.9 Å². The number of morpholine rings is 1. The first-order chi connectivity index (χ1) is 12.3. The van der Waals surface area contributed by atoms with Gasteiger partial charge in [-0.05, 0) is 31.5 Å². The van der Waals surface area contributed by atoms with Crippen molar-refractivity contribution in [3.63, 3.8) is 0 Å². The number of hydrogen-bond donors (Lipinski definition) is 1. The Morgan fingerprint density at radius 1 is 1.16 bits per heavy atom. The number of aromatic nitrogens is 1. The van der Waals surface area contributed by atoms with Crippen molar-refractivity contribution in [2.24, 2.45) is 5.73 Å². The van der Waals surface area contributed by atoms with E-state index in [2.05, 4.69) is 11.0 Å². The molecule has 3 rings (SSSR count). The van der Waals surface area contributed by atoms with Gasteiger partial charge in [0.2, 0.25) is 0 Å². The van der Waals surface area contributed by atoms with E-state index in [1.807, 2.05) is 12.1 Å². The molecular weight excluding hydrogens is 334 g/mol. The van der Waals surface area contributed by atoms with Crippen LogP contribution in [0.1, 0.15) is 48.9 Å². The molecule has 1 aliphatic rings. The van der Waals surface area contributed by atoms with E-state index in [-0.39, 0.29) is 5.78 Å². The topological polar surface area (TPSA) is 68.5 Å². The van der Waals surface area contributed by atoms with Crippen LogP contribution in [0.15, 0.2) is 18.2 Å². The lowest BCUT2D eigenvalue weighted by Crippen LogP contribution is -2.36. The predicted octanol–water partition coefficient (Wildman–Crippen LogP) is 3.61. The summed E-state index contributed by atoms with van der Waals surface area (Å²) < 4.78 is 6.50. The summed E-state index contributed by atoms with van der Waals surface area (Å²) in [6, 6.07) is 5.94. The molecule has 5 nitrogen and oxygen atoms in total. The number of unbranched alkanes of at least 4 members (excludes halogenated alkanes) is 4. The van der Waals surface area contributed by atoms with Crippen molar-refractivity contribution in [1.82, 2.24) is 4.98 Å². The minimum atomic E-state index is 0.211. The number of carbonyl (C=O) groups is 1. The first-order valence-electron chi connectivity index (χ1n) is 9.25. The number of thiazole rings is 1. The number of ether oxygens (including phenoxy) is 1. The summed E-state index contributed by atoms with van der Waals surface area (Å²) in [7, 11) is 0.